The Morgan fingerprint density at radius 2 is 2.14 bits per heavy atom. The fraction of sp³-hybridized carbons (Fsp3) is 0.316. The largest absolute Gasteiger partial charge is 0.491 e. The van der Waals surface area contributed by atoms with Crippen LogP contribution in [0.2, 0.25) is 0 Å². The van der Waals surface area contributed by atoms with Gasteiger partial charge in [0.2, 0.25) is 0 Å². The van der Waals surface area contributed by atoms with Crippen molar-refractivity contribution in [2.45, 2.75) is 25.1 Å². The monoisotopic (exact) mass is 390 g/mol. The van der Waals surface area contributed by atoms with E-state index in [0.29, 0.717) is 13.2 Å². The van der Waals surface area contributed by atoms with Gasteiger partial charge in [-0.25, -0.2) is 15.0 Å². The molecule has 3 heterocycles. The fourth-order valence-corrected chi connectivity index (χ4v) is 3.24. The number of benzene rings is 1. The van der Waals surface area contributed by atoms with Crippen molar-refractivity contribution in [1.29, 1.82) is 0 Å². The highest BCUT2D eigenvalue weighted by molar-refractivity contribution is 5.88. The average molecular weight is 390 g/mol. The molecule has 0 bridgehead atoms. The van der Waals surface area contributed by atoms with Gasteiger partial charge in [0, 0.05) is 18.4 Å². The summed E-state index contributed by atoms with van der Waals surface area (Å²) in [6.07, 6.45) is -1.91. The zero-order chi connectivity index (χ0) is 19.7. The van der Waals surface area contributed by atoms with E-state index >= 15 is 0 Å². The van der Waals surface area contributed by atoms with Crippen molar-refractivity contribution in [1.82, 2.24) is 15.0 Å². The lowest BCUT2D eigenvalue weighted by atomic mass is 9.91. The first-order chi connectivity index (χ1) is 13.5. The lowest BCUT2D eigenvalue weighted by Gasteiger charge is -2.31. The van der Waals surface area contributed by atoms with Crippen LogP contribution in [0.5, 0.6) is 5.75 Å². The molecule has 28 heavy (non-hydrogen) atoms. The van der Waals surface area contributed by atoms with E-state index in [1.807, 2.05) is 31.2 Å². The second kappa shape index (κ2) is 7.23. The molecule has 0 aliphatic carbocycles. The molecule has 1 aromatic carbocycles. The van der Waals surface area contributed by atoms with Crippen LogP contribution in [-0.4, -0.2) is 40.5 Å². The van der Waals surface area contributed by atoms with E-state index in [4.69, 9.17) is 9.47 Å². The lowest BCUT2D eigenvalue weighted by molar-refractivity contribution is -0.140. The van der Waals surface area contributed by atoms with Crippen molar-refractivity contribution in [3.05, 3.63) is 47.9 Å². The summed E-state index contributed by atoms with van der Waals surface area (Å²) in [5.74, 6) is 0.690. The molecule has 0 amide bonds. The maximum absolute atomic E-state index is 13.0. The highest BCUT2D eigenvalue weighted by atomic mass is 19.4. The molecule has 1 N–H and O–H groups in total. The van der Waals surface area contributed by atoms with Gasteiger partial charge in [0.05, 0.1) is 11.3 Å². The summed E-state index contributed by atoms with van der Waals surface area (Å²) in [6.45, 7) is 2.76. The van der Waals surface area contributed by atoms with E-state index in [2.05, 4.69) is 19.9 Å². The van der Waals surface area contributed by atoms with Gasteiger partial charge in [-0.15, -0.1) is 0 Å². The molecule has 6 nitrogen and oxygen atoms in total. The number of rotatable bonds is 4. The summed E-state index contributed by atoms with van der Waals surface area (Å²) in [7, 11) is 0. The third kappa shape index (κ3) is 3.45. The molecule has 4 rings (SSSR count). The number of alkyl halides is 3. The Hall–Kier alpha value is -2.94. The van der Waals surface area contributed by atoms with Gasteiger partial charge >= 0.3 is 6.18 Å². The number of H-pyrrole nitrogens is 1. The van der Waals surface area contributed by atoms with Crippen molar-refractivity contribution < 1.29 is 22.6 Å². The zero-order valence-corrected chi connectivity index (χ0v) is 14.9. The van der Waals surface area contributed by atoms with Crippen LogP contribution in [0, 0.1) is 0 Å². The van der Waals surface area contributed by atoms with Gasteiger partial charge in [0.1, 0.15) is 36.1 Å². The summed E-state index contributed by atoms with van der Waals surface area (Å²) >= 11 is 0. The van der Waals surface area contributed by atoms with Gasteiger partial charge in [-0.05, 0) is 19.1 Å². The van der Waals surface area contributed by atoms with Crippen LogP contribution in [0.1, 0.15) is 24.1 Å². The molecular weight excluding hydrogens is 373 g/mol. The highest BCUT2D eigenvalue weighted by Crippen LogP contribution is 2.36. The molecule has 146 valence electrons. The minimum Gasteiger partial charge on any atom is -0.491 e. The number of aliphatic imine (C=N–C) groups is 1. The number of para-hydroxylation sites is 1. The number of aromatic nitrogens is 3. The molecule has 2 aromatic heterocycles. The Bertz CT molecular complexity index is 1020. The molecule has 0 spiro atoms. The normalized spacial score (nSPS) is 19.7. The van der Waals surface area contributed by atoms with E-state index in [1.54, 1.807) is 6.21 Å². The minimum absolute atomic E-state index is 0.0863. The third-order valence-corrected chi connectivity index (χ3v) is 4.53. The molecular formula is C19H17F3N4O2. The maximum atomic E-state index is 13.0. The van der Waals surface area contributed by atoms with Crippen LogP contribution in [0.4, 0.5) is 19.0 Å². The van der Waals surface area contributed by atoms with Crippen LogP contribution in [0.15, 0.2) is 41.7 Å². The predicted octanol–water partition coefficient (Wildman–Crippen LogP) is 4.26. The first kappa shape index (κ1) is 18.4. The number of halogens is 3. The SMILES string of the molecule is CCO[C@H]1COc2ccccc2C1C=Nc1ncnc2[nH]c(C(F)(F)F)cc12. The molecule has 1 aliphatic heterocycles. The molecule has 2 atom stereocenters. The van der Waals surface area contributed by atoms with Crippen LogP contribution in [0.25, 0.3) is 11.0 Å². The smallest absolute Gasteiger partial charge is 0.431 e. The highest BCUT2D eigenvalue weighted by Gasteiger charge is 2.33. The molecule has 3 aromatic rings. The predicted molar refractivity (Wildman–Crippen MR) is 97.1 cm³/mol. The van der Waals surface area contributed by atoms with Crippen molar-refractivity contribution in [2.75, 3.05) is 13.2 Å². The molecule has 0 saturated heterocycles. The fourth-order valence-electron chi connectivity index (χ4n) is 3.24. The van der Waals surface area contributed by atoms with Crippen molar-refractivity contribution in [2.24, 2.45) is 4.99 Å². The van der Waals surface area contributed by atoms with Gasteiger partial charge in [-0.1, -0.05) is 18.2 Å². The summed E-state index contributed by atoms with van der Waals surface area (Å²) < 4.78 is 50.5. The summed E-state index contributed by atoms with van der Waals surface area (Å²) in [5.41, 5.74) is 0.109. The summed E-state index contributed by atoms with van der Waals surface area (Å²) in [4.78, 5) is 14.6. The Morgan fingerprint density at radius 3 is 2.93 bits per heavy atom. The Balaban J connectivity index is 1.72. The van der Waals surface area contributed by atoms with Gasteiger partial charge in [0.15, 0.2) is 5.82 Å². The van der Waals surface area contributed by atoms with Gasteiger partial charge in [0.25, 0.3) is 0 Å². The molecule has 9 heteroatoms. The Labute approximate surface area is 158 Å². The standard InChI is InChI=1S/C19H17F3N4O2/c1-2-27-15-9-28-14-6-4-3-5-11(14)13(15)8-23-17-12-7-16(19(20,21)22)26-18(12)25-10-24-17/h3-8,10,13,15H,2,9H2,1H3,(H,24,25,26)/t13?,15-/m0/s1. The van der Waals surface area contributed by atoms with E-state index in [-0.39, 0.29) is 28.9 Å². The van der Waals surface area contributed by atoms with Crippen molar-refractivity contribution >= 4 is 23.1 Å². The quantitative estimate of drug-likeness (QED) is 0.676. The zero-order valence-electron chi connectivity index (χ0n) is 14.9. The molecule has 1 aliphatic rings. The number of fused-ring (bicyclic) bond motifs is 2. The second-order valence-electron chi connectivity index (χ2n) is 6.29. The first-order valence-electron chi connectivity index (χ1n) is 8.75. The molecule has 0 radical (unpaired) electrons. The van der Waals surface area contributed by atoms with Crippen LogP contribution in [0.3, 0.4) is 0 Å². The number of ether oxygens (including phenoxy) is 2. The van der Waals surface area contributed by atoms with Crippen LogP contribution >= 0.6 is 0 Å². The van der Waals surface area contributed by atoms with E-state index in [9.17, 15) is 13.2 Å². The number of aromatic amines is 1. The summed E-state index contributed by atoms with van der Waals surface area (Å²) in [6, 6.07) is 8.52. The van der Waals surface area contributed by atoms with Crippen LogP contribution < -0.4 is 4.74 Å². The van der Waals surface area contributed by atoms with Gasteiger partial charge in [-0.2, -0.15) is 13.2 Å². The third-order valence-electron chi connectivity index (χ3n) is 4.53. The second-order valence-corrected chi connectivity index (χ2v) is 6.29. The number of nitrogens with zero attached hydrogens (tertiary/aromatic N) is 3. The number of nitrogens with one attached hydrogen (secondary N) is 1. The number of hydrogen-bond donors (Lipinski definition) is 1. The minimum atomic E-state index is -4.50. The molecule has 0 fully saturated rings. The van der Waals surface area contributed by atoms with E-state index in [1.165, 1.54) is 6.33 Å². The maximum Gasteiger partial charge on any atom is 0.431 e. The molecule has 0 saturated carbocycles. The van der Waals surface area contributed by atoms with Gasteiger partial charge in [-0.3, -0.25) is 0 Å². The van der Waals surface area contributed by atoms with E-state index < -0.39 is 11.9 Å². The van der Waals surface area contributed by atoms with E-state index in [0.717, 1.165) is 17.4 Å². The Morgan fingerprint density at radius 1 is 1.32 bits per heavy atom. The van der Waals surface area contributed by atoms with Gasteiger partial charge < -0.3 is 14.5 Å². The topological polar surface area (TPSA) is 72.4 Å². The lowest BCUT2D eigenvalue weighted by Crippen LogP contribution is -2.34. The first-order valence-corrected chi connectivity index (χ1v) is 8.75. The van der Waals surface area contributed by atoms with Crippen molar-refractivity contribution in [3.63, 3.8) is 0 Å². The average Bonchev–Trinajstić information content (AvgIpc) is 3.13. The van der Waals surface area contributed by atoms with Crippen molar-refractivity contribution in [3.8, 4) is 5.75 Å². The van der Waals surface area contributed by atoms with Crippen LogP contribution in [-0.2, 0) is 10.9 Å². The Kier molecular flexibility index (Phi) is 4.76. The summed E-state index contributed by atoms with van der Waals surface area (Å²) in [5, 5.41) is 0.208. The molecule has 1 unspecified atom stereocenters. The number of hydrogen-bond acceptors (Lipinski definition) is 5.